The highest BCUT2D eigenvalue weighted by Gasteiger charge is 2.37. The van der Waals surface area contributed by atoms with E-state index in [1.165, 1.54) is 6.07 Å². The summed E-state index contributed by atoms with van der Waals surface area (Å²) in [6.07, 6.45) is -1.35. The molecule has 3 aromatic heterocycles. The zero-order valence-corrected chi connectivity index (χ0v) is 16.1. The second-order valence-corrected chi connectivity index (χ2v) is 7.29. The van der Waals surface area contributed by atoms with Crippen molar-refractivity contribution in [2.45, 2.75) is 12.7 Å². The number of nitrogens with zero attached hydrogens (tertiary/aromatic N) is 3. The zero-order valence-electron chi connectivity index (χ0n) is 15.3. The van der Waals surface area contributed by atoms with Crippen molar-refractivity contribution >= 4 is 17.2 Å². The first-order chi connectivity index (χ1) is 14.4. The molecule has 0 bridgehead atoms. The van der Waals surface area contributed by atoms with Crippen molar-refractivity contribution in [2.24, 2.45) is 0 Å². The van der Waals surface area contributed by atoms with Crippen LogP contribution in [0.25, 0.3) is 22.5 Å². The average molecular weight is 429 g/mol. The van der Waals surface area contributed by atoms with E-state index >= 15 is 0 Å². The molecule has 30 heavy (non-hydrogen) atoms. The Morgan fingerprint density at radius 2 is 1.80 bits per heavy atom. The second-order valence-electron chi connectivity index (χ2n) is 6.24. The van der Waals surface area contributed by atoms with Crippen molar-refractivity contribution in [3.8, 4) is 22.5 Å². The fraction of sp³-hybridized carbons (Fsp3) is 0.100. The van der Waals surface area contributed by atoms with E-state index in [0.717, 1.165) is 5.56 Å². The van der Waals surface area contributed by atoms with Crippen molar-refractivity contribution in [1.29, 1.82) is 0 Å². The monoisotopic (exact) mass is 429 g/mol. The van der Waals surface area contributed by atoms with E-state index in [9.17, 15) is 18.0 Å². The largest absolute Gasteiger partial charge is 0.426 e. The number of halogens is 3. The maximum atomic E-state index is 13.5. The lowest BCUT2D eigenvalue weighted by atomic mass is 10.1. The van der Waals surface area contributed by atoms with Gasteiger partial charge >= 0.3 is 6.18 Å². The molecule has 4 rings (SSSR count). The Bertz CT molecular complexity index is 1160. The smallest absolute Gasteiger partial charge is 0.344 e. The van der Waals surface area contributed by atoms with E-state index in [-0.39, 0.29) is 17.0 Å². The quantitative estimate of drug-likeness (QED) is 0.488. The van der Waals surface area contributed by atoms with Crippen LogP contribution in [0.15, 0.2) is 60.9 Å². The van der Waals surface area contributed by atoms with Crippen LogP contribution in [0, 0.1) is 0 Å². The number of thiophene rings is 1. The third kappa shape index (κ3) is 4.23. The van der Waals surface area contributed by atoms with Gasteiger partial charge in [-0.25, -0.2) is 4.98 Å². The highest BCUT2D eigenvalue weighted by molar-refractivity contribution is 7.14. The number of H-pyrrole nitrogens is 1. The number of hydrogen-bond donors (Lipinski definition) is 2. The molecule has 0 aliphatic carbocycles. The second kappa shape index (κ2) is 8.07. The third-order valence-electron chi connectivity index (χ3n) is 4.18. The number of hydrogen-bond acceptors (Lipinski definition) is 5. The number of rotatable bonds is 5. The number of amides is 1. The molecule has 3 heterocycles. The molecule has 10 heteroatoms. The van der Waals surface area contributed by atoms with Gasteiger partial charge < -0.3 is 5.32 Å². The lowest BCUT2D eigenvalue weighted by Gasteiger charge is -2.07. The number of carbonyl (C=O) groups is 1. The van der Waals surface area contributed by atoms with Gasteiger partial charge in [0.05, 0.1) is 11.4 Å². The Kier molecular flexibility index (Phi) is 5.32. The normalized spacial score (nSPS) is 11.4. The lowest BCUT2D eigenvalue weighted by molar-refractivity contribution is -0.133. The van der Waals surface area contributed by atoms with Crippen LogP contribution >= 0.6 is 11.3 Å². The van der Waals surface area contributed by atoms with E-state index < -0.39 is 17.0 Å². The van der Waals surface area contributed by atoms with Crippen molar-refractivity contribution < 1.29 is 18.0 Å². The van der Waals surface area contributed by atoms with Gasteiger partial charge in [0.1, 0.15) is 10.7 Å². The Labute approximate surface area is 172 Å². The molecule has 0 fully saturated rings. The first kappa shape index (κ1) is 19.8. The van der Waals surface area contributed by atoms with Gasteiger partial charge in [-0.15, -0.1) is 11.3 Å². The molecule has 152 valence electrons. The van der Waals surface area contributed by atoms with Gasteiger partial charge in [-0.2, -0.15) is 18.3 Å². The number of nitrogens with one attached hydrogen (secondary N) is 2. The minimum Gasteiger partial charge on any atom is -0.344 e. The highest BCUT2D eigenvalue weighted by atomic mass is 32.1. The molecule has 2 N–H and O–H groups in total. The first-order valence-electron chi connectivity index (χ1n) is 8.78. The molecule has 0 unspecified atom stereocenters. The van der Waals surface area contributed by atoms with Crippen LogP contribution in [0.2, 0.25) is 0 Å². The molecule has 4 aromatic rings. The van der Waals surface area contributed by atoms with Gasteiger partial charge in [-0.1, -0.05) is 30.3 Å². The van der Waals surface area contributed by atoms with Crippen LogP contribution in [0.1, 0.15) is 20.4 Å². The van der Waals surface area contributed by atoms with Crippen molar-refractivity contribution in [3.05, 3.63) is 76.5 Å². The Morgan fingerprint density at radius 3 is 2.50 bits per heavy atom. The Hall–Kier alpha value is -3.53. The van der Waals surface area contributed by atoms with Gasteiger partial charge in [-0.3, -0.25) is 14.9 Å². The number of pyridine rings is 1. The van der Waals surface area contributed by atoms with E-state index in [1.807, 2.05) is 0 Å². The molecular formula is C20H14F3N5OS. The fourth-order valence-corrected chi connectivity index (χ4v) is 3.77. The van der Waals surface area contributed by atoms with Crippen LogP contribution in [0.4, 0.5) is 13.2 Å². The van der Waals surface area contributed by atoms with Gasteiger partial charge in [0.2, 0.25) is 0 Å². The predicted molar refractivity (Wildman–Crippen MR) is 106 cm³/mol. The SMILES string of the molecule is O=C(NCc1nc(-c2ccncc2)n[nH]1)c1cc(-c2ccccc2)c(C(F)(F)F)s1. The molecule has 0 spiro atoms. The summed E-state index contributed by atoms with van der Waals surface area (Å²) in [4.78, 5) is 19.8. The van der Waals surface area contributed by atoms with Gasteiger partial charge in [-0.05, 0) is 23.8 Å². The summed E-state index contributed by atoms with van der Waals surface area (Å²) in [7, 11) is 0. The number of aromatic nitrogens is 4. The first-order valence-corrected chi connectivity index (χ1v) is 9.60. The van der Waals surface area contributed by atoms with Gasteiger partial charge in [0.25, 0.3) is 5.91 Å². The summed E-state index contributed by atoms with van der Waals surface area (Å²) < 4.78 is 40.4. The number of alkyl halides is 3. The molecule has 6 nitrogen and oxygen atoms in total. The minimum atomic E-state index is -4.56. The third-order valence-corrected chi connectivity index (χ3v) is 5.36. The number of carbonyl (C=O) groups excluding carboxylic acids is 1. The summed E-state index contributed by atoms with van der Waals surface area (Å²) >= 11 is 0.416. The van der Waals surface area contributed by atoms with Crippen LogP contribution in [0.5, 0.6) is 0 Å². The average Bonchev–Trinajstić information content (AvgIpc) is 3.41. The molecule has 0 radical (unpaired) electrons. The van der Waals surface area contributed by atoms with Crippen molar-refractivity contribution in [2.75, 3.05) is 0 Å². The van der Waals surface area contributed by atoms with Crippen LogP contribution in [0.3, 0.4) is 0 Å². The summed E-state index contributed by atoms with van der Waals surface area (Å²) in [6.45, 7) is -0.00314. The molecule has 0 atom stereocenters. The molecular weight excluding hydrogens is 415 g/mol. The van der Waals surface area contributed by atoms with Crippen LogP contribution in [-0.4, -0.2) is 26.1 Å². The molecule has 0 aliphatic rings. The van der Waals surface area contributed by atoms with Crippen LogP contribution in [-0.2, 0) is 12.7 Å². The van der Waals surface area contributed by atoms with Gasteiger partial charge in [0.15, 0.2) is 5.82 Å². The highest BCUT2D eigenvalue weighted by Crippen LogP contribution is 2.42. The summed E-state index contributed by atoms with van der Waals surface area (Å²) in [5.74, 6) is 0.198. The van der Waals surface area contributed by atoms with Crippen LogP contribution < -0.4 is 5.32 Å². The van der Waals surface area contributed by atoms with E-state index in [2.05, 4.69) is 25.5 Å². The fourth-order valence-electron chi connectivity index (χ4n) is 2.80. The predicted octanol–water partition coefficient (Wildman–Crippen LogP) is 4.54. The van der Waals surface area contributed by atoms with E-state index in [1.54, 1.807) is 54.9 Å². The van der Waals surface area contributed by atoms with E-state index in [0.29, 0.717) is 28.5 Å². The Balaban J connectivity index is 1.52. The molecule has 1 aromatic carbocycles. The maximum absolute atomic E-state index is 13.5. The molecule has 0 aliphatic heterocycles. The Morgan fingerprint density at radius 1 is 1.07 bits per heavy atom. The zero-order chi connectivity index (χ0) is 21.1. The molecule has 0 saturated carbocycles. The van der Waals surface area contributed by atoms with Crippen molar-refractivity contribution in [3.63, 3.8) is 0 Å². The van der Waals surface area contributed by atoms with Gasteiger partial charge in [0, 0.05) is 23.5 Å². The lowest BCUT2D eigenvalue weighted by Crippen LogP contribution is -2.22. The number of benzene rings is 1. The molecule has 0 saturated heterocycles. The summed E-state index contributed by atoms with van der Waals surface area (Å²) in [6, 6.07) is 12.9. The maximum Gasteiger partial charge on any atom is 0.426 e. The topological polar surface area (TPSA) is 83.6 Å². The van der Waals surface area contributed by atoms with E-state index in [4.69, 9.17) is 0 Å². The summed E-state index contributed by atoms with van der Waals surface area (Å²) in [5, 5.41) is 9.35. The molecule has 1 amide bonds. The van der Waals surface area contributed by atoms with Crippen molar-refractivity contribution in [1.82, 2.24) is 25.5 Å². The summed E-state index contributed by atoms with van der Waals surface area (Å²) in [5.41, 5.74) is 1.13. The number of aromatic amines is 1. The minimum absolute atomic E-state index is 0.00314. The standard InChI is InChI=1S/C20H14F3N5OS/c21-20(22,23)17-14(12-4-2-1-3-5-12)10-15(30-17)19(29)25-11-16-26-18(28-27-16)13-6-8-24-9-7-13/h1-10H,11H2,(H,25,29)(H,26,27,28).